The maximum atomic E-state index is 10.6. The lowest BCUT2D eigenvalue weighted by molar-refractivity contribution is -0.400. The van der Waals surface area contributed by atoms with Crippen molar-refractivity contribution < 1.29 is 79.9 Å². The minimum atomic E-state index is -2.43. The van der Waals surface area contributed by atoms with Gasteiger partial charge >= 0.3 is 0 Å². The highest BCUT2D eigenvalue weighted by Crippen LogP contribution is 2.39. The number of aliphatic hydroxyl groups excluding tert-OH is 11. The van der Waals surface area contributed by atoms with Crippen LogP contribution in [-0.2, 0) is 23.7 Å². The van der Waals surface area contributed by atoms with E-state index in [0.717, 1.165) is 0 Å². The average molecular weight is 504 g/mol. The van der Waals surface area contributed by atoms with Crippen LogP contribution in [0.25, 0.3) is 0 Å². The normalized spacial score (nSPS) is 52.1. The summed E-state index contributed by atoms with van der Waals surface area (Å²) in [7, 11) is 0. The summed E-state index contributed by atoms with van der Waals surface area (Å²) in [6.45, 7) is -3.49. The summed E-state index contributed by atoms with van der Waals surface area (Å²) in [5, 5.41) is 109. The van der Waals surface area contributed by atoms with E-state index in [-0.39, 0.29) is 0 Å². The Kier molecular flexibility index (Phi) is 9.18. The van der Waals surface area contributed by atoms with Crippen LogP contribution in [0.1, 0.15) is 0 Å². The van der Waals surface area contributed by atoms with Crippen LogP contribution in [0.3, 0.4) is 0 Å². The van der Waals surface area contributed by atoms with Gasteiger partial charge in [-0.15, -0.1) is 0 Å². The molecule has 0 aromatic heterocycles. The lowest BCUT2D eigenvalue weighted by Gasteiger charge is -2.45. The summed E-state index contributed by atoms with van der Waals surface area (Å²) in [6, 6.07) is 0. The zero-order valence-corrected chi connectivity index (χ0v) is 17.8. The second kappa shape index (κ2) is 11.2. The Bertz CT molecular complexity index is 651. The van der Waals surface area contributed by atoms with Gasteiger partial charge < -0.3 is 79.9 Å². The molecule has 0 aromatic carbocycles. The average Bonchev–Trinajstić information content (AvgIpc) is 3.10. The molecule has 0 amide bonds. The monoisotopic (exact) mass is 504 g/mol. The van der Waals surface area contributed by atoms with E-state index in [0.29, 0.717) is 0 Å². The number of aliphatic hydroxyl groups is 11. The zero-order valence-electron chi connectivity index (χ0n) is 17.8. The van der Waals surface area contributed by atoms with Gasteiger partial charge in [0, 0.05) is 0 Å². The van der Waals surface area contributed by atoms with Crippen LogP contribution in [0.2, 0.25) is 0 Å². The molecule has 34 heavy (non-hydrogen) atoms. The van der Waals surface area contributed by atoms with E-state index in [1.165, 1.54) is 0 Å². The first-order valence-electron chi connectivity index (χ1n) is 10.6. The molecule has 0 spiro atoms. The minimum Gasteiger partial charge on any atom is -0.394 e. The number of ether oxygens (including phenoxy) is 5. The third kappa shape index (κ3) is 4.96. The van der Waals surface area contributed by atoms with Crippen molar-refractivity contribution in [1.82, 2.24) is 0 Å². The molecule has 16 heteroatoms. The summed E-state index contributed by atoms with van der Waals surface area (Å²) in [6.07, 6.45) is -22.3. The Morgan fingerprint density at radius 1 is 0.559 bits per heavy atom. The quantitative estimate of drug-likeness (QED) is 0.146. The van der Waals surface area contributed by atoms with Crippen LogP contribution in [0, 0.1) is 0 Å². The lowest BCUT2D eigenvalue weighted by atomic mass is 9.98. The molecule has 0 bridgehead atoms. The minimum absolute atomic E-state index is 0.777. The van der Waals surface area contributed by atoms with E-state index < -0.39 is 112 Å². The number of rotatable bonds is 8. The smallest absolute Gasteiger partial charge is 0.224 e. The van der Waals surface area contributed by atoms with Crippen molar-refractivity contribution in [1.29, 1.82) is 0 Å². The maximum Gasteiger partial charge on any atom is 0.224 e. The van der Waals surface area contributed by atoms with Gasteiger partial charge in [-0.05, 0) is 0 Å². The fourth-order valence-corrected chi connectivity index (χ4v) is 4.12. The summed E-state index contributed by atoms with van der Waals surface area (Å²) < 4.78 is 27.0. The van der Waals surface area contributed by atoms with E-state index in [4.69, 9.17) is 23.7 Å². The predicted molar refractivity (Wildman–Crippen MR) is 101 cm³/mol. The molecular weight excluding hydrogens is 472 g/mol. The highest BCUT2D eigenvalue weighted by molar-refractivity contribution is 5.01. The molecule has 3 aliphatic rings. The van der Waals surface area contributed by atoms with Crippen molar-refractivity contribution in [2.75, 3.05) is 26.4 Å². The van der Waals surface area contributed by atoms with Gasteiger partial charge in [-0.3, -0.25) is 0 Å². The van der Waals surface area contributed by atoms with E-state index in [1.807, 2.05) is 0 Å². The molecule has 0 aliphatic carbocycles. The zero-order chi connectivity index (χ0) is 25.4. The number of hydrogen-bond acceptors (Lipinski definition) is 16. The Morgan fingerprint density at radius 2 is 1.03 bits per heavy atom. The fourth-order valence-electron chi connectivity index (χ4n) is 4.12. The van der Waals surface area contributed by atoms with Crippen LogP contribution in [0.4, 0.5) is 0 Å². The summed E-state index contributed by atoms with van der Waals surface area (Å²) in [5.41, 5.74) is 0. The van der Waals surface area contributed by atoms with Crippen LogP contribution in [0.15, 0.2) is 0 Å². The van der Waals surface area contributed by atoms with Gasteiger partial charge in [0.05, 0.1) is 19.8 Å². The molecule has 0 aromatic rings. The molecule has 11 N–H and O–H groups in total. The van der Waals surface area contributed by atoms with Gasteiger partial charge in [-0.1, -0.05) is 0 Å². The van der Waals surface area contributed by atoms with Crippen LogP contribution < -0.4 is 0 Å². The fraction of sp³-hybridized carbons (Fsp3) is 1.00. The van der Waals surface area contributed by atoms with E-state index in [1.54, 1.807) is 0 Å². The molecule has 3 rings (SSSR count). The van der Waals surface area contributed by atoms with Crippen molar-refractivity contribution in [2.24, 2.45) is 0 Å². The van der Waals surface area contributed by atoms with Crippen LogP contribution in [0.5, 0.6) is 0 Å². The highest BCUT2D eigenvalue weighted by atomic mass is 16.8. The van der Waals surface area contributed by atoms with E-state index in [9.17, 15) is 56.2 Å². The Balaban J connectivity index is 1.87. The van der Waals surface area contributed by atoms with Crippen molar-refractivity contribution in [3.05, 3.63) is 0 Å². The topological polar surface area (TPSA) is 269 Å². The van der Waals surface area contributed by atoms with Gasteiger partial charge in [-0.2, -0.15) is 0 Å². The molecule has 14 atom stereocenters. The second-order valence-electron chi connectivity index (χ2n) is 8.37. The van der Waals surface area contributed by atoms with Gasteiger partial charge in [0.1, 0.15) is 73.8 Å². The number of hydrogen-bond donors (Lipinski definition) is 11. The highest BCUT2D eigenvalue weighted by Gasteiger charge is 2.61. The van der Waals surface area contributed by atoms with Crippen molar-refractivity contribution >= 4 is 0 Å². The molecule has 3 aliphatic heterocycles. The summed E-state index contributed by atoms with van der Waals surface area (Å²) in [5.74, 6) is -2.43. The standard InChI is InChI=1S/C18H32O16/c19-1-5-8(23)11(26)13(28)16(30-5)32-15-10(25)7(3-21)33-18(15,4-22)34-17-14(29)12(27)9(24)6(2-20)31-17/h5-17,19-29H,1-4H2/t5-,6+,7+,8+,9+,10-,11+,12+,13+,14+,15+,16+,17+,18-/m0/s1. The first-order chi connectivity index (χ1) is 16.0. The Labute approximate surface area is 192 Å². The van der Waals surface area contributed by atoms with Gasteiger partial charge in [0.2, 0.25) is 5.79 Å². The predicted octanol–water partition coefficient (Wildman–Crippen LogP) is -7.57. The summed E-state index contributed by atoms with van der Waals surface area (Å²) >= 11 is 0. The van der Waals surface area contributed by atoms with Crippen LogP contribution >= 0.6 is 0 Å². The molecular formula is C18H32O16. The van der Waals surface area contributed by atoms with Crippen LogP contribution in [-0.4, -0.2) is 168 Å². The SMILES string of the molecule is OC[C@@H]1O[C@H](O[C@@H]2[C@@H](O)[C@@H](CO)O[C@@]2(CO)O[C@H]2O[C@H](CO)[C@@H](O)[C@@H](O)[C@H]2O)[C@H](O)[C@H](O)[C@@H]1O. The molecule has 0 unspecified atom stereocenters. The maximum absolute atomic E-state index is 10.6. The molecule has 0 radical (unpaired) electrons. The van der Waals surface area contributed by atoms with Gasteiger partial charge in [0.15, 0.2) is 12.6 Å². The molecule has 0 saturated carbocycles. The molecule has 3 saturated heterocycles. The van der Waals surface area contributed by atoms with E-state index >= 15 is 0 Å². The van der Waals surface area contributed by atoms with E-state index in [2.05, 4.69) is 0 Å². The van der Waals surface area contributed by atoms with Gasteiger partial charge in [-0.25, -0.2) is 0 Å². The third-order valence-corrected chi connectivity index (χ3v) is 6.17. The first kappa shape index (κ1) is 27.9. The largest absolute Gasteiger partial charge is 0.394 e. The first-order valence-corrected chi connectivity index (χ1v) is 10.6. The molecule has 3 fully saturated rings. The van der Waals surface area contributed by atoms with Crippen molar-refractivity contribution in [3.63, 3.8) is 0 Å². The lowest BCUT2D eigenvalue weighted by Crippen LogP contribution is -2.64. The summed E-state index contributed by atoms with van der Waals surface area (Å²) in [4.78, 5) is 0. The third-order valence-electron chi connectivity index (χ3n) is 6.17. The molecule has 200 valence electrons. The molecule has 3 heterocycles. The van der Waals surface area contributed by atoms with Crippen molar-refractivity contribution in [2.45, 2.75) is 85.5 Å². The van der Waals surface area contributed by atoms with Gasteiger partial charge in [0.25, 0.3) is 0 Å². The second-order valence-corrected chi connectivity index (χ2v) is 8.37. The van der Waals surface area contributed by atoms with Crippen molar-refractivity contribution in [3.8, 4) is 0 Å². The molecule has 16 nitrogen and oxygen atoms in total. The Morgan fingerprint density at radius 3 is 1.50 bits per heavy atom. The Hall–Kier alpha value is -0.640.